The van der Waals surface area contributed by atoms with Crippen LogP contribution in [0.2, 0.25) is 0 Å². The first-order valence-corrected chi connectivity index (χ1v) is 4.77. The highest BCUT2D eigenvalue weighted by molar-refractivity contribution is 5.71. The van der Waals surface area contributed by atoms with Crippen LogP contribution in [0.1, 0.15) is 18.9 Å². The summed E-state index contributed by atoms with van der Waals surface area (Å²) < 4.78 is 2.12. The standard InChI is InChI=1S/C11H14N2/c1-3-4-9-5-6-10-11(7-9)13(2)8-12-10/h5-8H,3-4H2,1-2H3/p+1. The number of benzene rings is 1. The highest BCUT2D eigenvalue weighted by atomic mass is 15.0. The van der Waals surface area contributed by atoms with Gasteiger partial charge in [-0.05, 0) is 24.1 Å². The first-order chi connectivity index (χ1) is 6.31. The smallest absolute Gasteiger partial charge is 0.242 e. The Bertz CT molecular complexity index is 415. The first-order valence-electron chi connectivity index (χ1n) is 4.77. The SMILES string of the molecule is CCCc1ccc2[nH]c[n+](C)c2c1. The molecule has 1 N–H and O–H groups in total. The topological polar surface area (TPSA) is 19.7 Å². The van der Waals surface area contributed by atoms with Gasteiger partial charge in [-0.25, -0.2) is 9.55 Å². The van der Waals surface area contributed by atoms with Gasteiger partial charge < -0.3 is 0 Å². The number of hydrogen-bond donors (Lipinski definition) is 1. The van der Waals surface area contributed by atoms with Crippen LogP contribution in [0.3, 0.4) is 0 Å². The molecule has 13 heavy (non-hydrogen) atoms. The van der Waals surface area contributed by atoms with Crippen LogP contribution in [0.5, 0.6) is 0 Å². The van der Waals surface area contributed by atoms with E-state index in [-0.39, 0.29) is 0 Å². The lowest BCUT2D eigenvalue weighted by molar-refractivity contribution is -0.644. The molecule has 0 saturated heterocycles. The number of fused-ring (bicyclic) bond motifs is 1. The molecule has 0 aliphatic heterocycles. The van der Waals surface area contributed by atoms with Gasteiger partial charge in [0.25, 0.3) is 0 Å². The molecule has 0 atom stereocenters. The summed E-state index contributed by atoms with van der Waals surface area (Å²) in [7, 11) is 2.06. The third-order valence-electron chi connectivity index (χ3n) is 2.39. The van der Waals surface area contributed by atoms with E-state index in [1.807, 2.05) is 6.33 Å². The number of H-pyrrole nitrogens is 1. The molecule has 68 valence electrons. The number of hydrogen-bond acceptors (Lipinski definition) is 0. The van der Waals surface area contributed by atoms with Crippen LogP contribution in [-0.2, 0) is 13.5 Å². The van der Waals surface area contributed by atoms with Crippen molar-refractivity contribution in [3.63, 3.8) is 0 Å². The summed E-state index contributed by atoms with van der Waals surface area (Å²) in [6.45, 7) is 2.21. The van der Waals surface area contributed by atoms with Crippen molar-refractivity contribution in [2.24, 2.45) is 7.05 Å². The Hall–Kier alpha value is -1.31. The minimum absolute atomic E-state index is 1.17. The third-order valence-corrected chi connectivity index (χ3v) is 2.39. The lowest BCUT2D eigenvalue weighted by Crippen LogP contribution is -2.24. The van der Waals surface area contributed by atoms with Crippen molar-refractivity contribution in [3.05, 3.63) is 30.1 Å². The molecule has 0 amide bonds. The van der Waals surface area contributed by atoms with E-state index < -0.39 is 0 Å². The molecule has 0 aliphatic carbocycles. The summed E-state index contributed by atoms with van der Waals surface area (Å²) in [5.74, 6) is 0. The second kappa shape index (κ2) is 3.21. The number of aromatic amines is 1. The average Bonchev–Trinajstić information content (AvgIpc) is 2.49. The van der Waals surface area contributed by atoms with Crippen molar-refractivity contribution < 1.29 is 4.57 Å². The molecule has 1 aromatic heterocycles. The maximum atomic E-state index is 3.22. The number of aromatic nitrogens is 2. The predicted molar refractivity (Wildman–Crippen MR) is 53.5 cm³/mol. The number of imidazole rings is 1. The van der Waals surface area contributed by atoms with Gasteiger partial charge in [0, 0.05) is 0 Å². The predicted octanol–water partition coefficient (Wildman–Crippen LogP) is 1.94. The zero-order valence-corrected chi connectivity index (χ0v) is 8.17. The van der Waals surface area contributed by atoms with Gasteiger partial charge in [-0.15, -0.1) is 0 Å². The van der Waals surface area contributed by atoms with Crippen LogP contribution >= 0.6 is 0 Å². The molecule has 0 spiro atoms. The van der Waals surface area contributed by atoms with Crippen LogP contribution in [0.25, 0.3) is 11.0 Å². The molecular formula is C11H15N2+. The van der Waals surface area contributed by atoms with Gasteiger partial charge in [-0.3, -0.25) is 0 Å². The van der Waals surface area contributed by atoms with E-state index in [9.17, 15) is 0 Å². The van der Waals surface area contributed by atoms with Crippen LogP contribution in [0.15, 0.2) is 24.5 Å². The van der Waals surface area contributed by atoms with Crippen molar-refractivity contribution in [1.29, 1.82) is 0 Å². The van der Waals surface area contributed by atoms with Gasteiger partial charge in [-0.1, -0.05) is 19.4 Å². The van der Waals surface area contributed by atoms with Gasteiger partial charge >= 0.3 is 0 Å². The highest BCUT2D eigenvalue weighted by Crippen LogP contribution is 2.11. The monoisotopic (exact) mass is 175 g/mol. The number of rotatable bonds is 2. The van der Waals surface area contributed by atoms with Crippen molar-refractivity contribution in [2.45, 2.75) is 19.8 Å². The van der Waals surface area contributed by atoms with Crippen molar-refractivity contribution in [3.8, 4) is 0 Å². The van der Waals surface area contributed by atoms with Crippen molar-refractivity contribution in [2.75, 3.05) is 0 Å². The molecule has 0 aliphatic rings. The molecule has 2 heteroatoms. The Labute approximate surface area is 78.2 Å². The van der Waals surface area contributed by atoms with Gasteiger partial charge in [0.1, 0.15) is 0 Å². The third kappa shape index (κ3) is 1.44. The van der Waals surface area contributed by atoms with E-state index in [1.54, 1.807) is 0 Å². The maximum absolute atomic E-state index is 3.22. The summed E-state index contributed by atoms with van der Waals surface area (Å²) in [6.07, 6.45) is 4.36. The minimum Gasteiger partial charge on any atom is -0.243 e. The van der Waals surface area contributed by atoms with Crippen LogP contribution < -0.4 is 4.57 Å². The summed E-state index contributed by atoms with van der Waals surface area (Å²) in [5, 5.41) is 0. The molecule has 2 rings (SSSR count). The molecule has 2 aromatic rings. The highest BCUT2D eigenvalue weighted by Gasteiger charge is 2.05. The molecule has 0 unspecified atom stereocenters. The summed E-state index contributed by atoms with van der Waals surface area (Å²) in [5.41, 5.74) is 3.92. The van der Waals surface area contributed by atoms with E-state index in [0.717, 1.165) is 0 Å². The van der Waals surface area contributed by atoms with E-state index >= 15 is 0 Å². The zero-order valence-electron chi connectivity index (χ0n) is 8.17. The Morgan fingerprint density at radius 2 is 2.23 bits per heavy atom. The Morgan fingerprint density at radius 1 is 1.38 bits per heavy atom. The molecule has 2 nitrogen and oxygen atoms in total. The number of nitrogens with zero attached hydrogens (tertiary/aromatic N) is 1. The molecule has 0 radical (unpaired) electrons. The van der Waals surface area contributed by atoms with Crippen molar-refractivity contribution >= 4 is 11.0 Å². The molecule has 1 aromatic carbocycles. The van der Waals surface area contributed by atoms with Crippen molar-refractivity contribution in [1.82, 2.24) is 4.98 Å². The van der Waals surface area contributed by atoms with Crippen LogP contribution in [0, 0.1) is 0 Å². The van der Waals surface area contributed by atoms with E-state index in [2.05, 4.69) is 41.7 Å². The number of aryl methyl sites for hydroxylation is 2. The quantitative estimate of drug-likeness (QED) is 0.673. The van der Waals surface area contributed by atoms with E-state index in [1.165, 1.54) is 29.4 Å². The van der Waals surface area contributed by atoms with Gasteiger partial charge in [0.05, 0.1) is 7.05 Å². The Balaban J connectivity index is 2.53. The van der Waals surface area contributed by atoms with Gasteiger partial charge in [0.2, 0.25) is 6.33 Å². The van der Waals surface area contributed by atoms with Gasteiger partial charge in [0.15, 0.2) is 11.0 Å². The van der Waals surface area contributed by atoms with E-state index in [4.69, 9.17) is 0 Å². The van der Waals surface area contributed by atoms with Crippen LogP contribution in [-0.4, -0.2) is 4.98 Å². The van der Waals surface area contributed by atoms with Gasteiger partial charge in [-0.2, -0.15) is 0 Å². The molecule has 0 saturated carbocycles. The Morgan fingerprint density at radius 3 is 3.00 bits per heavy atom. The summed E-state index contributed by atoms with van der Waals surface area (Å²) >= 11 is 0. The molecule has 1 heterocycles. The summed E-state index contributed by atoms with van der Waals surface area (Å²) in [4.78, 5) is 3.22. The lowest BCUT2D eigenvalue weighted by Gasteiger charge is -1.96. The fourth-order valence-corrected chi connectivity index (χ4v) is 1.67. The maximum Gasteiger partial charge on any atom is 0.242 e. The average molecular weight is 175 g/mol. The fourth-order valence-electron chi connectivity index (χ4n) is 1.67. The molecular weight excluding hydrogens is 160 g/mol. The summed E-state index contributed by atoms with van der Waals surface area (Å²) in [6, 6.07) is 6.61. The van der Waals surface area contributed by atoms with Crippen LogP contribution in [0.4, 0.5) is 0 Å². The minimum atomic E-state index is 1.17. The Kier molecular flexibility index (Phi) is 2.05. The number of nitrogens with one attached hydrogen (secondary N) is 1. The largest absolute Gasteiger partial charge is 0.243 e. The lowest BCUT2D eigenvalue weighted by atomic mass is 10.1. The second-order valence-electron chi connectivity index (χ2n) is 3.49. The normalized spacial score (nSPS) is 10.9. The fraction of sp³-hybridized carbons (Fsp3) is 0.364. The molecule has 0 fully saturated rings. The molecule has 0 bridgehead atoms. The zero-order chi connectivity index (χ0) is 9.26. The van der Waals surface area contributed by atoms with E-state index in [0.29, 0.717) is 0 Å². The first kappa shape index (κ1) is 8.30. The second-order valence-corrected chi connectivity index (χ2v) is 3.49.